The molecule has 9 heteroatoms. The number of hydrogen-bond donors (Lipinski definition) is 2. The van der Waals surface area contributed by atoms with Crippen molar-refractivity contribution in [1.82, 2.24) is 5.43 Å². The average molecular weight is 528 g/mol. The number of nitrogens with one attached hydrogen (secondary N) is 2. The maximum atomic E-state index is 13.8. The Kier molecular flexibility index (Phi) is 8.75. The second-order valence-electron chi connectivity index (χ2n) is 7.13. The van der Waals surface area contributed by atoms with E-state index in [1.165, 1.54) is 18.3 Å². The van der Waals surface area contributed by atoms with Crippen LogP contribution in [0.1, 0.15) is 23.6 Å². The molecule has 0 bridgehead atoms. The Labute approximate surface area is 205 Å². The van der Waals surface area contributed by atoms with Crippen LogP contribution in [0.25, 0.3) is 0 Å². The number of carbonyl (C=O) groups excluding carboxylic acids is 2. The monoisotopic (exact) mass is 527 g/mol. The molecule has 0 atom stereocenters. The standard InChI is InChI=1S/C25H23BrFN3O4/c1-3-33-23-12-17(8-11-22(23)34-15-18-7-5-4-6-16(18)2)14-28-30-25(32)24(31)29-21-10-9-19(26)13-20(21)27/h4-14H,3,15H2,1-2H3,(H,29,31)(H,30,32)/b28-14+. The van der Waals surface area contributed by atoms with Gasteiger partial charge in [0.2, 0.25) is 0 Å². The summed E-state index contributed by atoms with van der Waals surface area (Å²) in [7, 11) is 0. The molecule has 3 aromatic carbocycles. The van der Waals surface area contributed by atoms with Gasteiger partial charge in [-0.1, -0.05) is 40.2 Å². The molecule has 0 aromatic heterocycles. The Morgan fingerprint density at radius 3 is 2.56 bits per heavy atom. The Bertz CT molecular complexity index is 1220. The van der Waals surface area contributed by atoms with Gasteiger partial charge in [0.15, 0.2) is 11.5 Å². The molecule has 3 rings (SSSR count). The highest BCUT2D eigenvalue weighted by atomic mass is 79.9. The molecule has 34 heavy (non-hydrogen) atoms. The molecule has 0 aliphatic heterocycles. The van der Waals surface area contributed by atoms with E-state index in [1.54, 1.807) is 24.3 Å². The summed E-state index contributed by atoms with van der Waals surface area (Å²) >= 11 is 3.12. The maximum Gasteiger partial charge on any atom is 0.329 e. The normalized spacial score (nSPS) is 10.7. The molecule has 2 amide bonds. The number of carbonyl (C=O) groups is 2. The summed E-state index contributed by atoms with van der Waals surface area (Å²) in [4.78, 5) is 24.0. The lowest BCUT2D eigenvalue weighted by atomic mass is 10.1. The van der Waals surface area contributed by atoms with Crippen LogP contribution in [-0.2, 0) is 16.2 Å². The molecule has 176 valence electrons. The predicted molar refractivity (Wildman–Crippen MR) is 132 cm³/mol. The number of rotatable bonds is 8. The third-order valence-electron chi connectivity index (χ3n) is 4.68. The Hall–Kier alpha value is -3.72. The maximum absolute atomic E-state index is 13.8. The SMILES string of the molecule is CCOc1cc(/C=N/NC(=O)C(=O)Nc2ccc(Br)cc2F)ccc1OCc1ccccc1C. The number of aryl methyl sites for hydroxylation is 1. The zero-order chi connectivity index (χ0) is 24.5. The van der Waals surface area contributed by atoms with Gasteiger partial charge in [0, 0.05) is 4.47 Å². The first kappa shape index (κ1) is 24.9. The molecule has 0 spiro atoms. The third kappa shape index (κ3) is 6.89. The van der Waals surface area contributed by atoms with Crippen LogP contribution in [0.5, 0.6) is 11.5 Å². The first-order valence-corrected chi connectivity index (χ1v) is 11.2. The minimum absolute atomic E-state index is 0.116. The number of halogens is 2. The minimum atomic E-state index is -1.05. The van der Waals surface area contributed by atoms with Crippen LogP contribution in [0.4, 0.5) is 10.1 Å². The Balaban J connectivity index is 1.61. The van der Waals surface area contributed by atoms with Crippen molar-refractivity contribution in [2.45, 2.75) is 20.5 Å². The molecule has 0 saturated heterocycles. The van der Waals surface area contributed by atoms with E-state index >= 15 is 0 Å². The molecule has 0 aliphatic rings. The van der Waals surface area contributed by atoms with Gasteiger partial charge >= 0.3 is 11.8 Å². The molecule has 7 nitrogen and oxygen atoms in total. The molecular formula is C25H23BrFN3O4. The fraction of sp³-hybridized carbons (Fsp3) is 0.160. The summed E-state index contributed by atoms with van der Waals surface area (Å²) in [5, 5.41) is 5.99. The molecule has 0 saturated carbocycles. The highest BCUT2D eigenvalue weighted by molar-refractivity contribution is 9.10. The topological polar surface area (TPSA) is 89.0 Å². The van der Waals surface area contributed by atoms with Crippen LogP contribution in [0, 0.1) is 12.7 Å². The van der Waals surface area contributed by atoms with Gasteiger partial charge in [-0.3, -0.25) is 9.59 Å². The third-order valence-corrected chi connectivity index (χ3v) is 5.17. The molecular weight excluding hydrogens is 505 g/mol. The van der Waals surface area contributed by atoms with Gasteiger partial charge in [0.1, 0.15) is 12.4 Å². The van der Waals surface area contributed by atoms with Crippen LogP contribution in [0.2, 0.25) is 0 Å². The van der Waals surface area contributed by atoms with Crippen molar-refractivity contribution in [1.29, 1.82) is 0 Å². The average Bonchev–Trinajstić information content (AvgIpc) is 2.81. The van der Waals surface area contributed by atoms with Gasteiger partial charge < -0.3 is 14.8 Å². The Morgan fingerprint density at radius 2 is 1.82 bits per heavy atom. The fourth-order valence-corrected chi connectivity index (χ4v) is 3.24. The van der Waals surface area contributed by atoms with E-state index in [-0.39, 0.29) is 5.69 Å². The van der Waals surface area contributed by atoms with E-state index in [4.69, 9.17) is 9.47 Å². The lowest BCUT2D eigenvalue weighted by Crippen LogP contribution is -2.32. The number of benzene rings is 3. The predicted octanol–water partition coefficient (Wildman–Crippen LogP) is 4.96. The second kappa shape index (κ2) is 11.9. The number of hydrazone groups is 1. The molecule has 0 fully saturated rings. The first-order valence-electron chi connectivity index (χ1n) is 10.4. The van der Waals surface area contributed by atoms with E-state index < -0.39 is 17.6 Å². The largest absolute Gasteiger partial charge is 0.490 e. The van der Waals surface area contributed by atoms with Crippen LogP contribution in [0.15, 0.2) is 70.2 Å². The van der Waals surface area contributed by atoms with Crippen LogP contribution < -0.4 is 20.2 Å². The number of amides is 2. The number of nitrogens with zero attached hydrogens (tertiary/aromatic N) is 1. The van der Waals surface area contributed by atoms with E-state index in [1.807, 2.05) is 38.1 Å². The summed E-state index contributed by atoms with van der Waals surface area (Å²) in [5.74, 6) is -1.67. The lowest BCUT2D eigenvalue weighted by molar-refractivity contribution is -0.136. The number of anilines is 1. The van der Waals surface area contributed by atoms with E-state index in [0.717, 1.165) is 11.1 Å². The van der Waals surface area contributed by atoms with E-state index in [0.29, 0.717) is 34.7 Å². The van der Waals surface area contributed by atoms with Crippen molar-refractivity contribution in [2.75, 3.05) is 11.9 Å². The highest BCUT2D eigenvalue weighted by Crippen LogP contribution is 2.29. The molecule has 0 aliphatic carbocycles. The van der Waals surface area contributed by atoms with Gasteiger partial charge in [-0.2, -0.15) is 5.10 Å². The fourth-order valence-electron chi connectivity index (χ4n) is 2.91. The van der Waals surface area contributed by atoms with Crippen LogP contribution in [0.3, 0.4) is 0 Å². The summed E-state index contributed by atoms with van der Waals surface area (Å²) in [5.41, 5.74) is 4.82. The van der Waals surface area contributed by atoms with Gasteiger partial charge in [0.25, 0.3) is 0 Å². The van der Waals surface area contributed by atoms with Gasteiger partial charge in [-0.25, -0.2) is 9.82 Å². The summed E-state index contributed by atoms with van der Waals surface area (Å²) < 4.78 is 25.9. The molecule has 2 N–H and O–H groups in total. The van der Waals surface area contributed by atoms with E-state index in [9.17, 15) is 14.0 Å². The summed E-state index contributed by atoms with van der Waals surface area (Å²) in [6, 6.07) is 17.2. The number of ether oxygens (including phenoxy) is 2. The highest BCUT2D eigenvalue weighted by Gasteiger charge is 2.15. The van der Waals surface area contributed by atoms with Gasteiger partial charge in [-0.05, 0) is 66.9 Å². The van der Waals surface area contributed by atoms with E-state index in [2.05, 4.69) is 31.8 Å². The lowest BCUT2D eigenvalue weighted by Gasteiger charge is -2.13. The molecule has 0 unspecified atom stereocenters. The summed E-state index contributed by atoms with van der Waals surface area (Å²) in [6.45, 7) is 4.71. The smallest absolute Gasteiger partial charge is 0.329 e. The Morgan fingerprint density at radius 1 is 1.03 bits per heavy atom. The van der Waals surface area contributed by atoms with Crippen LogP contribution >= 0.6 is 15.9 Å². The zero-order valence-corrected chi connectivity index (χ0v) is 20.2. The zero-order valence-electron chi connectivity index (χ0n) is 18.6. The first-order chi connectivity index (χ1) is 16.4. The van der Waals surface area contributed by atoms with Gasteiger partial charge in [-0.15, -0.1) is 0 Å². The van der Waals surface area contributed by atoms with Crippen molar-refractivity contribution in [2.24, 2.45) is 5.10 Å². The van der Waals surface area contributed by atoms with Gasteiger partial charge in [0.05, 0.1) is 18.5 Å². The van der Waals surface area contributed by atoms with Crippen molar-refractivity contribution < 1.29 is 23.5 Å². The van der Waals surface area contributed by atoms with Crippen molar-refractivity contribution in [3.8, 4) is 11.5 Å². The van der Waals surface area contributed by atoms with Crippen LogP contribution in [-0.4, -0.2) is 24.6 Å². The van der Waals surface area contributed by atoms with Crippen molar-refractivity contribution >= 4 is 39.6 Å². The quantitative estimate of drug-likeness (QED) is 0.246. The minimum Gasteiger partial charge on any atom is -0.490 e. The number of hydrogen-bond acceptors (Lipinski definition) is 5. The summed E-state index contributed by atoms with van der Waals surface area (Å²) in [6.07, 6.45) is 1.36. The molecule has 0 radical (unpaired) electrons. The molecule has 3 aromatic rings. The molecule has 0 heterocycles. The van der Waals surface area contributed by atoms with Crippen molar-refractivity contribution in [3.05, 3.63) is 87.6 Å². The second-order valence-corrected chi connectivity index (χ2v) is 8.05. The van der Waals surface area contributed by atoms with Crippen molar-refractivity contribution in [3.63, 3.8) is 0 Å².